The van der Waals surface area contributed by atoms with Crippen LogP contribution in [0.5, 0.6) is 0 Å². The number of halogens is 2. The van der Waals surface area contributed by atoms with Crippen LogP contribution in [0.3, 0.4) is 0 Å². The van der Waals surface area contributed by atoms with E-state index in [4.69, 9.17) is 10.5 Å². The van der Waals surface area contributed by atoms with E-state index in [1.165, 1.54) is 29.2 Å². The molecule has 0 unspecified atom stereocenters. The van der Waals surface area contributed by atoms with Gasteiger partial charge >= 0.3 is 0 Å². The van der Waals surface area contributed by atoms with Crippen LogP contribution >= 0.6 is 12.4 Å². The summed E-state index contributed by atoms with van der Waals surface area (Å²) in [7, 11) is 0. The fraction of sp³-hybridized carbons (Fsp3) is 0.190. The molecular formula is C21H20ClFN4O4. The number of benzene rings is 2. The predicted molar refractivity (Wildman–Crippen MR) is 117 cm³/mol. The summed E-state index contributed by atoms with van der Waals surface area (Å²) >= 11 is 0. The number of pyridine rings is 1. The second-order valence-electron chi connectivity index (χ2n) is 6.82. The first-order chi connectivity index (χ1) is 14.4. The Morgan fingerprint density at radius 3 is 2.74 bits per heavy atom. The molecule has 2 amide bonds. The van der Waals surface area contributed by atoms with Gasteiger partial charge in [0, 0.05) is 29.5 Å². The molecule has 0 spiro atoms. The molecule has 0 radical (unpaired) electrons. The molecule has 1 aliphatic heterocycles. The average Bonchev–Trinajstić information content (AvgIpc) is 2.74. The molecule has 2 atom stereocenters. The molecule has 1 saturated heterocycles. The number of morpholine rings is 1. The van der Waals surface area contributed by atoms with E-state index in [1.807, 2.05) is 0 Å². The zero-order valence-corrected chi connectivity index (χ0v) is 17.0. The number of aliphatic hydroxyl groups is 1. The van der Waals surface area contributed by atoms with Crippen molar-refractivity contribution >= 4 is 52.2 Å². The summed E-state index contributed by atoms with van der Waals surface area (Å²) in [5.74, 6) is -1.42. The maximum Gasteiger partial charge on any atom is 0.259 e. The number of hydrogen-bond acceptors (Lipinski definition) is 6. The number of nitrogen functional groups attached to an aromatic ring is 1. The number of fused-ring (bicyclic) bond motifs is 1. The van der Waals surface area contributed by atoms with E-state index in [1.54, 1.807) is 30.5 Å². The van der Waals surface area contributed by atoms with Crippen molar-refractivity contribution in [2.45, 2.75) is 12.2 Å². The SMILES string of the molecule is Cl.Nc1nccc2cc(NC(=O)[C@H](O)[C@H]3OCCN(c4ccc(F)cc4)C3=O)ccc12. The molecule has 1 aliphatic rings. The van der Waals surface area contributed by atoms with Gasteiger partial charge in [-0.2, -0.15) is 0 Å². The van der Waals surface area contributed by atoms with Crippen LogP contribution < -0.4 is 16.0 Å². The lowest BCUT2D eigenvalue weighted by Crippen LogP contribution is -2.55. The van der Waals surface area contributed by atoms with Gasteiger partial charge in [0.15, 0.2) is 12.2 Å². The second kappa shape index (κ2) is 9.25. The van der Waals surface area contributed by atoms with Crippen molar-refractivity contribution in [3.63, 3.8) is 0 Å². The van der Waals surface area contributed by atoms with Gasteiger partial charge in [-0.25, -0.2) is 9.37 Å². The lowest BCUT2D eigenvalue weighted by Gasteiger charge is -2.34. The van der Waals surface area contributed by atoms with Crippen molar-refractivity contribution in [2.24, 2.45) is 0 Å². The van der Waals surface area contributed by atoms with E-state index in [0.717, 1.165) is 10.8 Å². The Morgan fingerprint density at radius 2 is 2.00 bits per heavy atom. The fourth-order valence-corrected chi connectivity index (χ4v) is 3.34. The molecule has 31 heavy (non-hydrogen) atoms. The standard InChI is InChI=1S/C21H19FN4O4.ClH/c22-13-1-4-15(5-2-13)26-9-10-30-18(21(26)29)17(27)20(28)25-14-3-6-16-12(11-14)7-8-24-19(16)23;/h1-8,11,17-18,27H,9-10H2,(H2,23,24)(H,25,28);1H/t17-,18-;/m1./s1. The number of ether oxygens (including phenoxy) is 1. The number of aromatic nitrogens is 1. The van der Waals surface area contributed by atoms with E-state index in [2.05, 4.69) is 10.3 Å². The largest absolute Gasteiger partial charge is 0.383 e. The monoisotopic (exact) mass is 446 g/mol. The molecular weight excluding hydrogens is 427 g/mol. The van der Waals surface area contributed by atoms with Crippen molar-refractivity contribution in [1.82, 2.24) is 4.98 Å². The number of nitrogens with one attached hydrogen (secondary N) is 1. The van der Waals surface area contributed by atoms with Gasteiger partial charge in [0.1, 0.15) is 11.6 Å². The van der Waals surface area contributed by atoms with Crippen molar-refractivity contribution in [3.8, 4) is 0 Å². The van der Waals surface area contributed by atoms with Crippen molar-refractivity contribution in [3.05, 3.63) is 60.5 Å². The number of nitrogens with zero attached hydrogens (tertiary/aromatic N) is 2. The first-order valence-electron chi connectivity index (χ1n) is 9.26. The molecule has 162 valence electrons. The number of carbonyl (C=O) groups is 2. The van der Waals surface area contributed by atoms with Gasteiger partial charge in [0.2, 0.25) is 0 Å². The number of nitrogens with two attached hydrogens (primary N) is 1. The van der Waals surface area contributed by atoms with Crippen LogP contribution in [-0.4, -0.2) is 47.3 Å². The summed E-state index contributed by atoms with van der Waals surface area (Å²) in [6.07, 6.45) is -1.54. The predicted octanol–water partition coefficient (Wildman–Crippen LogP) is 2.11. The molecule has 8 nitrogen and oxygen atoms in total. The van der Waals surface area contributed by atoms with Crippen molar-refractivity contribution < 1.29 is 23.8 Å². The molecule has 0 aliphatic carbocycles. The zero-order chi connectivity index (χ0) is 21.3. The van der Waals surface area contributed by atoms with Gasteiger partial charge < -0.3 is 25.8 Å². The third-order valence-electron chi connectivity index (χ3n) is 4.88. The van der Waals surface area contributed by atoms with Crippen LogP contribution in [0.25, 0.3) is 10.8 Å². The Kier molecular flexibility index (Phi) is 6.69. The van der Waals surface area contributed by atoms with Crippen LogP contribution in [0.1, 0.15) is 0 Å². The van der Waals surface area contributed by atoms with Gasteiger partial charge in [0.05, 0.1) is 6.61 Å². The highest BCUT2D eigenvalue weighted by atomic mass is 35.5. The second-order valence-corrected chi connectivity index (χ2v) is 6.82. The van der Waals surface area contributed by atoms with Gasteiger partial charge in [0.25, 0.3) is 11.8 Å². The Bertz CT molecular complexity index is 1110. The molecule has 10 heteroatoms. The first kappa shape index (κ1) is 22.4. The molecule has 2 aromatic carbocycles. The van der Waals surface area contributed by atoms with E-state index in [0.29, 0.717) is 17.2 Å². The number of carbonyl (C=O) groups excluding carboxylic acids is 2. The molecule has 1 aromatic heterocycles. The highest BCUT2D eigenvalue weighted by Crippen LogP contribution is 2.24. The molecule has 3 aromatic rings. The lowest BCUT2D eigenvalue weighted by atomic mass is 10.1. The highest BCUT2D eigenvalue weighted by Gasteiger charge is 2.39. The minimum atomic E-state index is -1.72. The maximum atomic E-state index is 13.2. The Morgan fingerprint density at radius 1 is 1.26 bits per heavy atom. The molecule has 0 bridgehead atoms. The molecule has 4 rings (SSSR count). The van der Waals surface area contributed by atoms with Crippen molar-refractivity contribution in [1.29, 1.82) is 0 Å². The summed E-state index contributed by atoms with van der Waals surface area (Å²) in [6, 6.07) is 12.1. The molecule has 2 heterocycles. The number of aliphatic hydroxyl groups excluding tert-OH is 1. The van der Waals surface area contributed by atoms with Crippen LogP contribution in [-0.2, 0) is 14.3 Å². The van der Waals surface area contributed by atoms with Crippen LogP contribution in [0.15, 0.2) is 54.7 Å². The van der Waals surface area contributed by atoms with E-state index in [-0.39, 0.29) is 25.6 Å². The number of anilines is 3. The first-order valence-corrected chi connectivity index (χ1v) is 9.26. The van der Waals surface area contributed by atoms with Gasteiger partial charge in [-0.3, -0.25) is 9.59 Å². The maximum absolute atomic E-state index is 13.2. The zero-order valence-electron chi connectivity index (χ0n) is 16.2. The normalized spacial score (nSPS) is 17.2. The average molecular weight is 447 g/mol. The smallest absolute Gasteiger partial charge is 0.259 e. The van der Waals surface area contributed by atoms with E-state index < -0.39 is 29.8 Å². The van der Waals surface area contributed by atoms with Crippen LogP contribution in [0.4, 0.5) is 21.6 Å². The summed E-state index contributed by atoms with van der Waals surface area (Å²) in [6.45, 7) is 0.357. The quantitative estimate of drug-likeness (QED) is 0.565. The number of rotatable bonds is 4. The summed E-state index contributed by atoms with van der Waals surface area (Å²) in [5.41, 5.74) is 6.71. The Hall–Kier alpha value is -3.27. The van der Waals surface area contributed by atoms with Crippen LogP contribution in [0.2, 0.25) is 0 Å². The van der Waals surface area contributed by atoms with Gasteiger partial charge in [-0.1, -0.05) is 0 Å². The Labute approximate surface area is 183 Å². The van der Waals surface area contributed by atoms with E-state index >= 15 is 0 Å². The van der Waals surface area contributed by atoms with Gasteiger partial charge in [-0.15, -0.1) is 12.4 Å². The fourth-order valence-electron chi connectivity index (χ4n) is 3.34. The Balaban J connectivity index is 0.00000272. The molecule has 1 fully saturated rings. The minimum Gasteiger partial charge on any atom is -0.383 e. The van der Waals surface area contributed by atoms with E-state index in [9.17, 15) is 19.1 Å². The third kappa shape index (κ3) is 4.58. The third-order valence-corrected chi connectivity index (χ3v) is 4.88. The highest BCUT2D eigenvalue weighted by molar-refractivity contribution is 6.04. The van der Waals surface area contributed by atoms with Crippen LogP contribution in [0, 0.1) is 5.82 Å². The number of amides is 2. The minimum absolute atomic E-state index is 0. The molecule has 0 saturated carbocycles. The topological polar surface area (TPSA) is 118 Å². The van der Waals surface area contributed by atoms with Crippen molar-refractivity contribution in [2.75, 3.05) is 29.1 Å². The number of hydrogen-bond donors (Lipinski definition) is 3. The summed E-state index contributed by atoms with van der Waals surface area (Å²) in [4.78, 5) is 30.7. The lowest BCUT2D eigenvalue weighted by molar-refractivity contribution is -0.150. The molecule has 4 N–H and O–H groups in total. The summed E-state index contributed by atoms with van der Waals surface area (Å²) < 4.78 is 18.5. The summed E-state index contributed by atoms with van der Waals surface area (Å²) in [5, 5.41) is 14.5. The van der Waals surface area contributed by atoms with Gasteiger partial charge in [-0.05, 0) is 53.9 Å².